The van der Waals surface area contributed by atoms with Gasteiger partial charge in [0.15, 0.2) is 0 Å². The average molecular weight is 399 g/mol. The average Bonchev–Trinajstić information content (AvgIpc) is 2.70. The molecular weight excluding hydrogens is 383 g/mol. The molecular formula is C21H16Cl2N2O2. The number of nitrogens with one attached hydrogen (secondary N) is 1. The highest BCUT2D eigenvalue weighted by Crippen LogP contribution is 2.25. The smallest absolute Gasteiger partial charge is 0.258 e. The lowest BCUT2D eigenvalue weighted by Crippen LogP contribution is -2.26. The zero-order chi connectivity index (χ0) is 19.4. The molecule has 0 aliphatic carbocycles. The maximum Gasteiger partial charge on any atom is 0.258 e. The van der Waals surface area contributed by atoms with Gasteiger partial charge in [-0.25, -0.2) is 0 Å². The molecule has 0 spiro atoms. The van der Waals surface area contributed by atoms with Crippen LogP contribution in [0.3, 0.4) is 0 Å². The monoisotopic (exact) mass is 398 g/mol. The Bertz CT molecular complexity index is 990. The summed E-state index contributed by atoms with van der Waals surface area (Å²) in [5.41, 5.74) is 2.08. The Morgan fingerprint density at radius 3 is 2.22 bits per heavy atom. The van der Waals surface area contributed by atoms with Crippen molar-refractivity contribution in [3.05, 3.63) is 94.0 Å². The third-order valence-electron chi connectivity index (χ3n) is 4.00. The topological polar surface area (TPSA) is 49.4 Å². The first-order chi connectivity index (χ1) is 13.0. The summed E-state index contributed by atoms with van der Waals surface area (Å²) >= 11 is 11.9. The minimum atomic E-state index is -0.342. The predicted octanol–water partition coefficient (Wildman–Crippen LogP) is 5.52. The summed E-state index contributed by atoms with van der Waals surface area (Å²) in [4.78, 5) is 26.8. The van der Waals surface area contributed by atoms with Gasteiger partial charge in [0.05, 0.1) is 10.0 Å². The molecule has 0 fully saturated rings. The van der Waals surface area contributed by atoms with Crippen molar-refractivity contribution < 1.29 is 9.59 Å². The van der Waals surface area contributed by atoms with Crippen molar-refractivity contribution in [1.29, 1.82) is 0 Å². The lowest BCUT2D eigenvalue weighted by Gasteiger charge is -2.17. The van der Waals surface area contributed by atoms with Gasteiger partial charge in [-0.2, -0.15) is 0 Å². The number of hydrogen-bond acceptors (Lipinski definition) is 2. The molecule has 3 rings (SSSR count). The molecule has 0 aliphatic rings. The molecule has 0 aromatic heterocycles. The number of carbonyl (C=O) groups is 2. The fourth-order valence-corrected chi connectivity index (χ4v) is 2.83. The molecule has 0 saturated carbocycles. The fraction of sp³-hybridized carbons (Fsp3) is 0.0476. The van der Waals surface area contributed by atoms with Crippen LogP contribution in [-0.2, 0) is 0 Å². The number of halogens is 2. The van der Waals surface area contributed by atoms with E-state index in [4.69, 9.17) is 23.2 Å². The summed E-state index contributed by atoms with van der Waals surface area (Å²) in [6.45, 7) is 0. The van der Waals surface area contributed by atoms with Crippen LogP contribution in [0.15, 0.2) is 72.8 Å². The molecule has 0 aliphatic heterocycles. The van der Waals surface area contributed by atoms with Crippen LogP contribution in [-0.4, -0.2) is 18.9 Å². The summed E-state index contributed by atoms with van der Waals surface area (Å²) < 4.78 is 0. The Morgan fingerprint density at radius 1 is 0.815 bits per heavy atom. The minimum Gasteiger partial charge on any atom is -0.322 e. The first kappa shape index (κ1) is 19.0. The van der Waals surface area contributed by atoms with Gasteiger partial charge in [0.2, 0.25) is 0 Å². The summed E-state index contributed by atoms with van der Waals surface area (Å²) in [7, 11) is 1.69. The first-order valence-corrected chi connectivity index (χ1v) is 8.91. The molecule has 3 aromatic rings. The van der Waals surface area contributed by atoms with E-state index in [1.807, 2.05) is 30.3 Å². The van der Waals surface area contributed by atoms with E-state index >= 15 is 0 Å². The van der Waals surface area contributed by atoms with E-state index in [1.165, 1.54) is 4.90 Å². The number of benzene rings is 3. The van der Waals surface area contributed by atoms with Gasteiger partial charge in [0.1, 0.15) is 0 Å². The number of carbonyl (C=O) groups excluding carboxylic acids is 2. The molecule has 1 N–H and O–H groups in total. The van der Waals surface area contributed by atoms with Crippen LogP contribution in [0.1, 0.15) is 20.7 Å². The number of nitrogens with zero attached hydrogens (tertiary/aromatic N) is 1. The van der Waals surface area contributed by atoms with Gasteiger partial charge in [0, 0.05) is 29.5 Å². The predicted molar refractivity (Wildman–Crippen MR) is 110 cm³/mol. The highest BCUT2D eigenvalue weighted by Gasteiger charge is 2.15. The van der Waals surface area contributed by atoms with Gasteiger partial charge in [-0.3, -0.25) is 9.59 Å². The van der Waals surface area contributed by atoms with E-state index in [2.05, 4.69) is 5.32 Å². The number of rotatable bonds is 4. The Labute approximate surface area is 167 Å². The van der Waals surface area contributed by atoms with Crippen LogP contribution in [0.5, 0.6) is 0 Å². The molecule has 27 heavy (non-hydrogen) atoms. The van der Waals surface area contributed by atoms with Crippen molar-refractivity contribution in [2.75, 3.05) is 17.3 Å². The van der Waals surface area contributed by atoms with Crippen LogP contribution in [0.4, 0.5) is 11.4 Å². The second-order valence-corrected chi connectivity index (χ2v) is 6.68. The van der Waals surface area contributed by atoms with E-state index < -0.39 is 0 Å². The molecule has 6 heteroatoms. The van der Waals surface area contributed by atoms with Gasteiger partial charge in [-0.05, 0) is 48.5 Å². The number of hydrogen-bond donors (Lipinski definition) is 1. The van der Waals surface area contributed by atoms with Gasteiger partial charge < -0.3 is 10.2 Å². The minimum absolute atomic E-state index is 0.203. The van der Waals surface area contributed by atoms with E-state index in [0.29, 0.717) is 26.9 Å². The van der Waals surface area contributed by atoms with Crippen molar-refractivity contribution in [3.8, 4) is 0 Å². The third-order valence-corrected chi connectivity index (χ3v) is 4.74. The van der Waals surface area contributed by atoms with Crippen LogP contribution in [0.25, 0.3) is 0 Å². The van der Waals surface area contributed by atoms with Crippen LogP contribution in [0.2, 0.25) is 10.0 Å². The van der Waals surface area contributed by atoms with E-state index in [0.717, 1.165) is 5.69 Å². The molecule has 3 aromatic carbocycles. The molecule has 0 atom stereocenters. The quantitative estimate of drug-likeness (QED) is 0.628. The Kier molecular flexibility index (Phi) is 5.79. The summed E-state index contributed by atoms with van der Waals surface area (Å²) in [6.07, 6.45) is 0. The summed E-state index contributed by atoms with van der Waals surface area (Å²) in [5.74, 6) is -0.546. The van der Waals surface area contributed by atoms with Crippen molar-refractivity contribution >= 4 is 46.4 Å². The van der Waals surface area contributed by atoms with Crippen LogP contribution >= 0.6 is 23.2 Å². The maximum absolute atomic E-state index is 12.7. The highest BCUT2D eigenvalue weighted by molar-refractivity contribution is 6.42. The Morgan fingerprint density at radius 2 is 1.52 bits per heavy atom. The van der Waals surface area contributed by atoms with Crippen molar-refractivity contribution in [2.45, 2.75) is 0 Å². The second-order valence-electron chi connectivity index (χ2n) is 5.86. The SMILES string of the molecule is CN(C(=O)c1cccc(C(=O)Nc2ccc(Cl)c(Cl)c2)c1)c1ccccc1. The molecule has 0 heterocycles. The Balaban J connectivity index is 1.79. The van der Waals surface area contributed by atoms with E-state index in [9.17, 15) is 9.59 Å². The van der Waals surface area contributed by atoms with E-state index in [1.54, 1.807) is 49.5 Å². The van der Waals surface area contributed by atoms with Crippen molar-refractivity contribution in [3.63, 3.8) is 0 Å². The van der Waals surface area contributed by atoms with Crippen molar-refractivity contribution in [2.24, 2.45) is 0 Å². The van der Waals surface area contributed by atoms with E-state index in [-0.39, 0.29) is 11.8 Å². The molecule has 2 amide bonds. The molecule has 0 radical (unpaired) electrons. The van der Waals surface area contributed by atoms with Crippen molar-refractivity contribution in [1.82, 2.24) is 0 Å². The van der Waals surface area contributed by atoms with Crippen LogP contribution in [0, 0.1) is 0 Å². The highest BCUT2D eigenvalue weighted by atomic mass is 35.5. The summed E-state index contributed by atoms with van der Waals surface area (Å²) in [6, 6.07) is 20.7. The molecule has 136 valence electrons. The number of amides is 2. The standard InChI is InChI=1S/C21H16Cl2N2O2/c1-25(17-8-3-2-4-9-17)21(27)15-7-5-6-14(12-15)20(26)24-16-10-11-18(22)19(23)13-16/h2-13H,1H3,(H,24,26). The van der Waals surface area contributed by atoms with Gasteiger partial charge in [0.25, 0.3) is 11.8 Å². The normalized spacial score (nSPS) is 10.3. The van der Waals surface area contributed by atoms with Gasteiger partial charge in [-0.15, -0.1) is 0 Å². The molecule has 0 unspecified atom stereocenters. The summed E-state index contributed by atoms with van der Waals surface area (Å²) in [5, 5.41) is 3.50. The molecule has 0 saturated heterocycles. The molecule has 4 nitrogen and oxygen atoms in total. The zero-order valence-corrected chi connectivity index (χ0v) is 16.0. The second kappa shape index (κ2) is 8.25. The largest absolute Gasteiger partial charge is 0.322 e. The maximum atomic E-state index is 12.7. The van der Waals surface area contributed by atoms with Gasteiger partial charge in [-0.1, -0.05) is 47.5 Å². The lowest BCUT2D eigenvalue weighted by atomic mass is 10.1. The number of anilines is 2. The first-order valence-electron chi connectivity index (χ1n) is 8.15. The third kappa shape index (κ3) is 4.48. The zero-order valence-electron chi connectivity index (χ0n) is 14.4. The van der Waals surface area contributed by atoms with Gasteiger partial charge >= 0.3 is 0 Å². The number of para-hydroxylation sites is 1. The lowest BCUT2D eigenvalue weighted by molar-refractivity contribution is 0.0993. The van der Waals surface area contributed by atoms with Crippen LogP contribution < -0.4 is 10.2 Å². The fourth-order valence-electron chi connectivity index (χ4n) is 2.53. The molecule has 0 bridgehead atoms. The Hall–Kier alpha value is -2.82.